The fraction of sp³-hybridized carbons (Fsp3) is 0.429. The molecule has 4 nitrogen and oxygen atoms in total. The molecule has 3 unspecified atom stereocenters. The number of carbonyl (C=O) groups excluding carboxylic acids is 1. The predicted octanol–water partition coefficient (Wildman–Crippen LogP) is 2.50. The van der Waals surface area contributed by atoms with E-state index in [-0.39, 0.29) is 5.56 Å². The maximum atomic E-state index is 13.6. The lowest BCUT2D eigenvalue weighted by atomic mass is 9.94. The van der Waals surface area contributed by atoms with E-state index in [1.807, 2.05) is 0 Å². The third-order valence-corrected chi connectivity index (χ3v) is 3.34. The van der Waals surface area contributed by atoms with Gasteiger partial charge in [-0.15, -0.1) is 0 Å². The smallest absolute Gasteiger partial charge is 0.307 e. The van der Waals surface area contributed by atoms with Crippen LogP contribution < -0.4 is 5.32 Å². The number of amides is 1. The van der Waals surface area contributed by atoms with E-state index >= 15 is 0 Å². The summed E-state index contributed by atoms with van der Waals surface area (Å²) in [6.07, 6.45) is 0. The van der Waals surface area contributed by atoms with E-state index in [1.54, 1.807) is 6.92 Å². The molecule has 0 aliphatic heterocycles. The Balaban J connectivity index is 2.77. The topological polar surface area (TPSA) is 66.4 Å². The summed E-state index contributed by atoms with van der Waals surface area (Å²) in [5.74, 6) is -4.61. The van der Waals surface area contributed by atoms with Gasteiger partial charge in [0, 0.05) is 17.5 Å². The first-order valence-electron chi connectivity index (χ1n) is 6.22. The Morgan fingerprint density at radius 1 is 1.15 bits per heavy atom. The van der Waals surface area contributed by atoms with Gasteiger partial charge in [-0.1, -0.05) is 19.9 Å². The van der Waals surface area contributed by atoms with Crippen LogP contribution in [0.1, 0.15) is 32.4 Å². The highest BCUT2D eigenvalue weighted by Crippen LogP contribution is 2.19. The lowest BCUT2D eigenvalue weighted by Crippen LogP contribution is -2.36. The van der Waals surface area contributed by atoms with Crippen molar-refractivity contribution in [2.75, 3.05) is 0 Å². The van der Waals surface area contributed by atoms with Crippen molar-refractivity contribution in [1.29, 1.82) is 0 Å². The summed E-state index contributed by atoms with van der Waals surface area (Å²) in [6.45, 7) is 4.46. The minimum atomic E-state index is -1.08. The van der Waals surface area contributed by atoms with Crippen molar-refractivity contribution < 1.29 is 23.5 Å². The lowest BCUT2D eigenvalue weighted by Gasteiger charge is -2.20. The van der Waals surface area contributed by atoms with Gasteiger partial charge in [-0.2, -0.15) is 0 Å². The van der Waals surface area contributed by atoms with Gasteiger partial charge in [0.05, 0.1) is 12.0 Å². The van der Waals surface area contributed by atoms with E-state index in [9.17, 15) is 18.4 Å². The molecule has 0 aromatic heterocycles. The molecule has 0 saturated heterocycles. The van der Waals surface area contributed by atoms with E-state index < -0.39 is 41.4 Å². The number of halogens is 2. The zero-order chi connectivity index (χ0) is 15.4. The molecule has 20 heavy (non-hydrogen) atoms. The number of hydrogen-bond donors (Lipinski definition) is 2. The summed E-state index contributed by atoms with van der Waals surface area (Å²) >= 11 is 0. The molecule has 1 aromatic carbocycles. The van der Waals surface area contributed by atoms with Gasteiger partial charge in [-0.05, 0) is 13.0 Å². The summed E-state index contributed by atoms with van der Waals surface area (Å²) in [4.78, 5) is 22.7. The molecule has 6 heteroatoms. The van der Waals surface area contributed by atoms with E-state index in [2.05, 4.69) is 5.32 Å². The normalized spacial score (nSPS) is 15.2. The quantitative estimate of drug-likeness (QED) is 0.873. The first-order valence-corrected chi connectivity index (χ1v) is 6.22. The molecular formula is C14H17F2NO3. The molecule has 0 saturated carbocycles. The highest BCUT2D eigenvalue weighted by atomic mass is 19.1. The van der Waals surface area contributed by atoms with Crippen molar-refractivity contribution in [3.05, 3.63) is 35.4 Å². The van der Waals surface area contributed by atoms with Gasteiger partial charge >= 0.3 is 5.97 Å². The Bertz CT molecular complexity index is 519. The number of nitrogens with one attached hydrogen (secondary N) is 1. The van der Waals surface area contributed by atoms with Crippen LogP contribution in [0.4, 0.5) is 8.78 Å². The van der Waals surface area contributed by atoms with Gasteiger partial charge < -0.3 is 10.4 Å². The summed E-state index contributed by atoms with van der Waals surface area (Å²) < 4.78 is 26.4. The van der Waals surface area contributed by atoms with Crippen LogP contribution in [-0.4, -0.2) is 17.0 Å². The zero-order valence-electron chi connectivity index (χ0n) is 11.5. The predicted molar refractivity (Wildman–Crippen MR) is 68.9 cm³/mol. The molecule has 0 aliphatic rings. The molecule has 110 valence electrons. The summed E-state index contributed by atoms with van der Waals surface area (Å²) in [5, 5.41) is 11.4. The number of carboxylic acid groups (broad SMARTS) is 1. The molecule has 1 amide bonds. The average molecular weight is 285 g/mol. The molecule has 1 aromatic rings. The van der Waals surface area contributed by atoms with Crippen molar-refractivity contribution in [2.45, 2.75) is 26.8 Å². The molecular weight excluding hydrogens is 268 g/mol. The summed E-state index contributed by atoms with van der Waals surface area (Å²) in [5.41, 5.74) is 0.148. The number of rotatable bonds is 5. The fourth-order valence-corrected chi connectivity index (χ4v) is 1.72. The van der Waals surface area contributed by atoms with Crippen LogP contribution in [0.15, 0.2) is 18.2 Å². The van der Waals surface area contributed by atoms with E-state index in [4.69, 9.17) is 5.11 Å². The number of aliphatic carboxylic acids is 1. The molecule has 3 atom stereocenters. The highest BCUT2D eigenvalue weighted by Gasteiger charge is 2.27. The first-order chi connectivity index (χ1) is 9.23. The minimum absolute atomic E-state index is 0.148. The van der Waals surface area contributed by atoms with Gasteiger partial charge in [-0.3, -0.25) is 9.59 Å². The van der Waals surface area contributed by atoms with Gasteiger partial charge in [-0.25, -0.2) is 8.78 Å². The number of benzene rings is 1. The number of carbonyl (C=O) groups is 2. The van der Waals surface area contributed by atoms with E-state index in [0.717, 1.165) is 12.1 Å². The van der Waals surface area contributed by atoms with Gasteiger partial charge in [0.15, 0.2) is 0 Å². The van der Waals surface area contributed by atoms with Crippen molar-refractivity contribution >= 4 is 11.9 Å². The fourth-order valence-electron chi connectivity index (χ4n) is 1.72. The average Bonchev–Trinajstić information content (AvgIpc) is 2.36. The van der Waals surface area contributed by atoms with Crippen LogP contribution in [0.5, 0.6) is 0 Å². The van der Waals surface area contributed by atoms with Crippen LogP contribution in [0, 0.1) is 23.5 Å². The van der Waals surface area contributed by atoms with Gasteiger partial charge in [0.25, 0.3) is 0 Å². The van der Waals surface area contributed by atoms with E-state index in [0.29, 0.717) is 0 Å². The maximum Gasteiger partial charge on any atom is 0.307 e. The van der Waals surface area contributed by atoms with Gasteiger partial charge in [0.1, 0.15) is 11.6 Å². The van der Waals surface area contributed by atoms with Crippen LogP contribution in [0.3, 0.4) is 0 Å². The summed E-state index contributed by atoms with van der Waals surface area (Å²) in [6, 6.07) is 2.42. The Kier molecular flexibility index (Phi) is 5.19. The second kappa shape index (κ2) is 6.45. The molecule has 0 aliphatic carbocycles. The molecule has 0 fully saturated rings. The van der Waals surface area contributed by atoms with Crippen molar-refractivity contribution in [3.63, 3.8) is 0 Å². The Morgan fingerprint density at radius 3 is 2.25 bits per heavy atom. The van der Waals surface area contributed by atoms with E-state index in [1.165, 1.54) is 19.9 Å². The third kappa shape index (κ3) is 3.76. The zero-order valence-corrected chi connectivity index (χ0v) is 11.5. The van der Waals surface area contributed by atoms with Gasteiger partial charge in [0.2, 0.25) is 5.91 Å². The van der Waals surface area contributed by atoms with Crippen LogP contribution in [0.25, 0.3) is 0 Å². The number of carboxylic acids is 1. The Hall–Kier alpha value is -1.98. The summed E-state index contributed by atoms with van der Waals surface area (Å²) in [7, 11) is 0. The SMILES string of the molecule is CC(NC(=O)C(C)C(C)C(=O)O)c1ccc(F)cc1F. The van der Waals surface area contributed by atoms with Crippen LogP contribution in [0.2, 0.25) is 0 Å². The van der Waals surface area contributed by atoms with Crippen molar-refractivity contribution in [1.82, 2.24) is 5.32 Å². The second-order valence-corrected chi connectivity index (χ2v) is 4.81. The second-order valence-electron chi connectivity index (χ2n) is 4.81. The molecule has 1 rings (SSSR count). The Morgan fingerprint density at radius 2 is 1.75 bits per heavy atom. The highest BCUT2D eigenvalue weighted by molar-refractivity contribution is 5.84. The van der Waals surface area contributed by atoms with Crippen LogP contribution >= 0.6 is 0 Å². The first kappa shape index (κ1) is 16.1. The van der Waals surface area contributed by atoms with Crippen molar-refractivity contribution in [3.8, 4) is 0 Å². The minimum Gasteiger partial charge on any atom is -0.481 e. The van der Waals surface area contributed by atoms with Crippen LogP contribution in [-0.2, 0) is 9.59 Å². The molecule has 2 N–H and O–H groups in total. The Labute approximate surface area is 115 Å². The number of hydrogen-bond acceptors (Lipinski definition) is 2. The monoisotopic (exact) mass is 285 g/mol. The van der Waals surface area contributed by atoms with Crippen molar-refractivity contribution in [2.24, 2.45) is 11.8 Å². The largest absolute Gasteiger partial charge is 0.481 e. The molecule has 0 bridgehead atoms. The molecule has 0 spiro atoms. The lowest BCUT2D eigenvalue weighted by molar-refractivity contribution is -0.146. The molecule has 0 radical (unpaired) electrons. The third-order valence-electron chi connectivity index (χ3n) is 3.34. The molecule has 0 heterocycles. The maximum absolute atomic E-state index is 13.6. The standard InChI is InChI=1S/C14H17F2NO3/c1-7(8(2)14(19)20)13(18)17-9(3)11-5-4-10(15)6-12(11)16/h4-9H,1-3H3,(H,17,18)(H,19,20).